The maximum Gasteiger partial charge on any atom is 0.224 e. The highest BCUT2D eigenvalue weighted by molar-refractivity contribution is 14.1. The van der Waals surface area contributed by atoms with Crippen LogP contribution >= 0.6 is 34.2 Å². The van der Waals surface area contributed by atoms with Gasteiger partial charge in [-0.1, -0.05) is 0 Å². The van der Waals surface area contributed by atoms with Gasteiger partial charge in [0.1, 0.15) is 5.52 Å². The summed E-state index contributed by atoms with van der Waals surface area (Å²) in [5.74, 6) is 0. The van der Waals surface area contributed by atoms with E-state index in [1.54, 1.807) is 6.20 Å². The fourth-order valence-corrected chi connectivity index (χ4v) is 3.21. The van der Waals surface area contributed by atoms with Gasteiger partial charge in [-0.15, -0.1) is 0 Å². The van der Waals surface area contributed by atoms with Crippen LogP contribution in [0.25, 0.3) is 11.2 Å². The molecule has 1 unspecified atom stereocenters. The Morgan fingerprint density at radius 1 is 1.43 bits per heavy atom. The first-order valence-corrected chi connectivity index (χ1v) is 8.47. The molecule has 0 saturated carbocycles. The van der Waals surface area contributed by atoms with Crippen molar-refractivity contribution in [1.29, 1.82) is 0 Å². The number of aromatic nitrogens is 4. The summed E-state index contributed by atoms with van der Waals surface area (Å²) in [7, 11) is 0. The molecule has 8 heteroatoms. The van der Waals surface area contributed by atoms with E-state index in [9.17, 15) is 0 Å². The SMILES string of the molecule is Clc1ncc2nc(I)n(CCCOC3CCCCO3)c2n1. The predicted molar refractivity (Wildman–Crippen MR) is 87.2 cm³/mol. The van der Waals surface area contributed by atoms with Crippen LogP contribution in [0.3, 0.4) is 0 Å². The zero-order valence-corrected chi connectivity index (χ0v) is 14.4. The van der Waals surface area contributed by atoms with Crippen molar-refractivity contribution >= 4 is 45.4 Å². The standard InChI is InChI=1S/C13H16ClIN4O2/c14-12-16-8-9-11(18-12)19(13(15)17-9)5-3-7-21-10-4-1-2-6-20-10/h8,10H,1-7H2. The first kappa shape index (κ1) is 15.4. The molecule has 21 heavy (non-hydrogen) atoms. The highest BCUT2D eigenvalue weighted by atomic mass is 127. The van der Waals surface area contributed by atoms with E-state index in [2.05, 4.69) is 37.5 Å². The van der Waals surface area contributed by atoms with Crippen LogP contribution in [0.5, 0.6) is 0 Å². The van der Waals surface area contributed by atoms with Gasteiger partial charge in [-0.2, -0.15) is 4.98 Å². The third-order valence-corrected chi connectivity index (χ3v) is 4.39. The summed E-state index contributed by atoms with van der Waals surface area (Å²) in [6.07, 6.45) is 5.81. The second-order valence-corrected chi connectivity index (χ2v) is 6.20. The van der Waals surface area contributed by atoms with Crippen LogP contribution < -0.4 is 0 Å². The lowest BCUT2D eigenvalue weighted by Gasteiger charge is -2.22. The topological polar surface area (TPSA) is 62.1 Å². The Labute approximate surface area is 141 Å². The lowest BCUT2D eigenvalue weighted by Crippen LogP contribution is -2.23. The van der Waals surface area contributed by atoms with Crippen LogP contribution in [-0.2, 0) is 16.0 Å². The molecule has 1 saturated heterocycles. The minimum atomic E-state index is -0.0332. The van der Waals surface area contributed by atoms with E-state index in [0.29, 0.717) is 6.61 Å². The zero-order valence-electron chi connectivity index (χ0n) is 11.5. The number of imidazole rings is 1. The molecule has 0 aliphatic carbocycles. The van der Waals surface area contributed by atoms with Crippen LogP contribution in [0.15, 0.2) is 6.20 Å². The first-order chi connectivity index (χ1) is 10.2. The van der Waals surface area contributed by atoms with Gasteiger partial charge < -0.3 is 14.0 Å². The van der Waals surface area contributed by atoms with Crippen molar-refractivity contribution in [3.8, 4) is 0 Å². The molecule has 0 N–H and O–H groups in total. The lowest BCUT2D eigenvalue weighted by molar-refractivity contribution is -0.163. The number of halogens is 2. The molecule has 0 spiro atoms. The number of rotatable bonds is 5. The fraction of sp³-hybridized carbons (Fsp3) is 0.615. The molecule has 3 heterocycles. The molecule has 0 amide bonds. The average molecular weight is 423 g/mol. The van der Waals surface area contributed by atoms with E-state index in [-0.39, 0.29) is 11.6 Å². The van der Waals surface area contributed by atoms with Crippen LogP contribution in [0.4, 0.5) is 0 Å². The molecule has 114 valence electrons. The normalized spacial score (nSPS) is 19.2. The Balaban J connectivity index is 1.57. The van der Waals surface area contributed by atoms with Gasteiger partial charge in [0.2, 0.25) is 5.28 Å². The van der Waals surface area contributed by atoms with Crippen molar-refractivity contribution < 1.29 is 9.47 Å². The maximum absolute atomic E-state index is 5.86. The minimum Gasteiger partial charge on any atom is -0.353 e. The predicted octanol–water partition coefficient (Wildman–Crippen LogP) is 3.02. The van der Waals surface area contributed by atoms with E-state index < -0.39 is 0 Å². The molecule has 2 aromatic heterocycles. The maximum atomic E-state index is 5.86. The zero-order chi connectivity index (χ0) is 14.7. The number of aryl methyl sites for hydroxylation is 1. The number of nitrogens with zero attached hydrogens (tertiary/aromatic N) is 4. The number of fused-ring (bicyclic) bond motifs is 1. The van der Waals surface area contributed by atoms with Crippen LogP contribution in [-0.4, -0.2) is 39.0 Å². The first-order valence-electron chi connectivity index (χ1n) is 7.01. The highest BCUT2D eigenvalue weighted by Gasteiger charge is 2.14. The third kappa shape index (κ3) is 3.82. The van der Waals surface area contributed by atoms with E-state index in [4.69, 9.17) is 21.1 Å². The average Bonchev–Trinajstić information content (AvgIpc) is 2.80. The second kappa shape index (κ2) is 7.17. The second-order valence-electron chi connectivity index (χ2n) is 4.90. The van der Waals surface area contributed by atoms with E-state index in [1.165, 1.54) is 6.42 Å². The molecular weight excluding hydrogens is 407 g/mol. The van der Waals surface area contributed by atoms with Gasteiger partial charge in [0.25, 0.3) is 0 Å². The molecule has 2 aromatic rings. The summed E-state index contributed by atoms with van der Waals surface area (Å²) in [4.78, 5) is 12.6. The molecular formula is C13H16ClIN4O2. The van der Waals surface area contributed by atoms with Crippen molar-refractivity contribution in [2.45, 2.75) is 38.5 Å². The Bertz CT molecular complexity index is 615. The Morgan fingerprint density at radius 3 is 3.14 bits per heavy atom. The molecule has 0 radical (unpaired) electrons. The smallest absolute Gasteiger partial charge is 0.224 e. The van der Waals surface area contributed by atoms with Gasteiger partial charge in [-0.3, -0.25) is 0 Å². The summed E-state index contributed by atoms with van der Waals surface area (Å²) in [5, 5.41) is 0.243. The Kier molecular flexibility index (Phi) is 5.25. The van der Waals surface area contributed by atoms with Crippen molar-refractivity contribution in [3.63, 3.8) is 0 Å². The quantitative estimate of drug-likeness (QED) is 0.321. The molecule has 0 aromatic carbocycles. The van der Waals surface area contributed by atoms with Gasteiger partial charge in [0, 0.05) is 35.7 Å². The Hall–Kier alpha value is -0.510. The molecule has 1 fully saturated rings. The van der Waals surface area contributed by atoms with E-state index in [1.807, 2.05) is 4.57 Å². The summed E-state index contributed by atoms with van der Waals surface area (Å²) >= 11 is 8.05. The summed E-state index contributed by atoms with van der Waals surface area (Å²) < 4.78 is 14.2. The van der Waals surface area contributed by atoms with Gasteiger partial charge >= 0.3 is 0 Å². The van der Waals surface area contributed by atoms with Gasteiger partial charge in [-0.05, 0) is 37.3 Å². The molecule has 1 aliphatic rings. The molecule has 6 nitrogen and oxygen atoms in total. The molecule has 1 aliphatic heterocycles. The Morgan fingerprint density at radius 2 is 2.33 bits per heavy atom. The molecule has 1 atom stereocenters. The lowest BCUT2D eigenvalue weighted by atomic mass is 10.2. The molecule has 0 bridgehead atoms. The van der Waals surface area contributed by atoms with Crippen molar-refractivity contribution in [2.24, 2.45) is 0 Å². The monoisotopic (exact) mass is 422 g/mol. The van der Waals surface area contributed by atoms with Gasteiger partial charge in [-0.25, -0.2) is 9.97 Å². The van der Waals surface area contributed by atoms with Crippen molar-refractivity contribution in [1.82, 2.24) is 19.5 Å². The third-order valence-electron chi connectivity index (χ3n) is 3.38. The molecule has 3 rings (SSSR count). The summed E-state index contributed by atoms with van der Waals surface area (Å²) in [6.45, 7) is 2.26. The summed E-state index contributed by atoms with van der Waals surface area (Å²) in [5.41, 5.74) is 1.54. The fourth-order valence-electron chi connectivity index (χ4n) is 2.35. The largest absolute Gasteiger partial charge is 0.353 e. The van der Waals surface area contributed by atoms with Gasteiger partial charge in [0.05, 0.1) is 12.8 Å². The van der Waals surface area contributed by atoms with E-state index >= 15 is 0 Å². The van der Waals surface area contributed by atoms with Gasteiger partial charge in [0.15, 0.2) is 15.8 Å². The van der Waals surface area contributed by atoms with Crippen molar-refractivity contribution in [2.75, 3.05) is 13.2 Å². The minimum absolute atomic E-state index is 0.0332. The highest BCUT2D eigenvalue weighted by Crippen LogP contribution is 2.18. The number of hydrogen-bond acceptors (Lipinski definition) is 5. The number of ether oxygens (including phenoxy) is 2. The van der Waals surface area contributed by atoms with Crippen LogP contribution in [0.1, 0.15) is 25.7 Å². The van der Waals surface area contributed by atoms with Crippen LogP contribution in [0, 0.1) is 3.83 Å². The summed E-state index contributed by atoms with van der Waals surface area (Å²) in [6, 6.07) is 0. The van der Waals surface area contributed by atoms with E-state index in [0.717, 1.165) is 47.4 Å². The van der Waals surface area contributed by atoms with Crippen molar-refractivity contribution in [3.05, 3.63) is 15.3 Å². The number of hydrogen-bond donors (Lipinski definition) is 0. The van der Waals surface area contributed by atoms with Crippen LogP contribution in [0.2, 0.25) is 5.28 Å².